The first kappa shape index (κ1) is 15.4. The van der Waals surface area contributed by atoms with Crippen LogP contribution >= 0.6 is 0 Å². The zero-order valence-electron chi connectivity index (χ0n) is 12.8. The molecule has 0 bridgehead atoms. The molecule has 0 saturated carbocycles. The molecule has 3 aromatic carbocycles. The third-order valence-corrected chi connectivity index (χ3v) is 3.82. The van der Waals surface area contributed by atoms with E-state index >= 15 is 0 Å². The molecule has 0 unspecified atom stereocenters. The van der Waals surface area contributed by atoms with Gasteiger partial charge >= 0.3 is 0 Å². The van der Waals surface area contributed by atoms with Crippen LogP contribution in [0.15, 0.2) is 42.5 Å². The maximum absolute atomic E-state index is 14.3. The maximum Gasteiger partial charge on any atom is 0.136 e. The quantitative estimate of drug-likeness (QED) is 0.608. The van der Waals surface area contributed by atoms with Gasteiger partial charge in [0.15, 0.2) is 0 Å². The topological polar surface area (TPSA) is 9.23 Å². The summed E-state index contributed by atoms with van der Waals surface area (Å²) in [5.41, 5.74) is 0.898. The maximum atomic E-state index is 14.3. The van der Waals surface area contributed by atoms with E-state index in [1.807, 2.05) is 6.92 Å². The molecule has 0 heterocycles. The highest BCUT2D eigenvalue weighted by molar-refractivity contribution is 5.88. The van der Waals surface area contributed by atoms with Gasteiger partial charge in [0.2, 0.25) is 0 Å². The molecule has 0 N–H and O–H groups in total. The molecule has 1 nitrogen and oxygen atoms in total. The molecule has 3 rings (SSSR count). The summed E-state index contributed by atoms with van der Waals surface area (Å²) in [7, 11) is 0. The molecular formula is C19H15F3O. The van der Waals surface area contributed by atoms with Crippen LogP contribution in [-0.2, 0) is 0 Å². The molecule has 0 aliphatic heterocycles. The zero-order valence-corrected chi connectivity index (χ0v) is 12.8. The number of benzene rings is 3. The SMILES string of the molecule is CCOc1ccc(-c2ccc3c(F)c(C)c(F)cc3c2)c(F)c1. The van der Waals surface area contributed by atoms with Crippen molar-refractivity contribution in [2.24, 2.45) is 0 Å². The van der Waals surface area contributed by atoms with Gasteiger partial charge in [-0.1, -0.05) is 12.1 Å². The van der Waals surface area contributed by atoms with Crippen molar-refractivity contribution >= 4 is 10.8 Å². The first-order chi connectivity index (χ1) is 11.0. The van der Waals surface area contributed by atoms with Crippen molar-refractivity contribution in [2.45, 2.75) is 13.8 Å². The second kappa shape index (κ2) is 5.95. The number of rotatable bonds is 3. The van der Waals surface area contributed by atoms with Gasteiger partial charge in [-0.05, 0) is 49.1 Å². The Morgan fingerprint density at radius 2 is 1.70 bits per heavy atom. The first-order valence-electron chi connectivity index (χ1n) is 7.32. The summed E-state index contributed by atoms with van der Waals surface area (Å²) in [5.74, 6) is -1.19. The van der Waals surface area contributed by atoms with Gasteiger partial charge in [-0.25, -0.2) is 13.2 Å². The van der Waals surface area contributed by atoms with Gasteiger partial charge in [-0.15, -0.1) is 0 Å². The Balaban J connectivity index is 2.12. The van der Waals surface area contributed by atoms with Crippen molar-refractivity contribution in [1.29, 1.82) is 0 Å². The molecular weight excluding hydrogens is 301 g/mol. The van der Waals surface area contributed by atoms with E-state index < -0.39 is 17.5 Å². The molecule has 0 aliphatic rings. The highest BCUT2D eigenvalue weighted by atomic mass is 19.1. The average Bonchev–Trinajstić information content (AvgIpc) is 2.53. The molecule has 0 fully saturated rings. The fourth-order valence-electron chi connectivity index (χ4n) is 2.59. The minimum absolute atomic E-state index is 0.0162. The number of ether oxygens (including phenoxy) is 1. The van der Waals surface area contributed by atoms with Gasteiger partial charge in [0.1, 0.15) is 23.2 Å². The molecule has 0 radical (unpaired) electrons. The number of hydrogen-bond donors (Lipinski definition) is 0. The molecule has 0 aromatic heterocycles. The fraction of sp³-hybridized carbons (Fsp3) is 0.158. The van der Waals surface area contributed by atoms with Gasteiger partial charge < -0.3 is 4.74 Å². The van der Waals surface area contributed by atoms with E-state index in [4.69, 9.17) is 4.74 Å². The number of hydrogen-bond acceptors (Lipinski definition) is 1. The smallest absolute Gasteiger partial charge is 0.136 e. The van der Waals surface area contributed by atoms with Gasteiger partial charge in [-0.3, -0.25) is 0 Å². The Labute approximate surface area is 132 Å². The largest absolute Gasteiger partial charge is 0.494 e. The summed E-state index contributed by atoms with van der Waals surface area (Å²) in [4.78, 5) is 0. The molecule has 0 saturated heterocycles. The lowest BCUT2D eigenvalue weighted by Crippen LogP contribution is -1.94. The predicted octanol–water partition coefficient (Wildman–Crippen LogP) is 5.63. The highest BCUT2D eigenvalue weighted by Gasteiger charge is 2.12. The summed E-state index contributed by atoms with van der Waals surface area (Å²) in [5, 5.41) is 0.718. The lowest BCUT2D eigenvalue weighted by molar-refractivity contribution is 0.338. The van der Waals surface area contributed by atoms with Gasteiger partial charge in [0.05, 0.1) is 6.61 Å². The van der Waals surface area contributed by atoms with E-state index in [-0.39, 0.29) is 5.56 Å². The van der Waals surface area contributed by atoms with Crippen LogP contribution in [0.1, 0.15) is 12.5 Å². The highest BCUT2D eigenvalue weighted by Crippen LogP contribution is 2.31. The number of halogens is 3. The monoisotopic (exact) mass is 316 g/mol. The van der Waals surface area contributed by atoms with E-state index in [0.29, 0.717) is 34.3 Å². The summed E-state index contributed by atoms with van der Waals surface area (Å²) in [6.07, 6.45) is 0. The van der Waals surface area contributed by atoms with Crippen LogP contribution in [-0.4, -0.2) is 6.61 Å². The summed E-state index contributed by atoms with van der Waals surface area (Å²) >= 11 is 0. The molecule has 0 spiro atoms. The normalized spacial score (nSPS) is 11.0. The molecule has 0 amide bonds. The minimum Gasteiger partial charge on any atom is -0.494 e. The van der Waals surface area contributed by atoms with Crippen LogP contribution in [0.2, 0.25) is 0 Å². The summed E-state index contributed by atoms with van der Waals surface area (Å²) in [6.45, 7) is 3.66. The van der Waals surface area contributed by atoms with Gasteiger partial charge in [0.25, 0.3) is 0 Å². The summed E-state index contributed by atoms with van der Waals surface area (Å²) in [6, 6.07) is 10.6. The van der Waals surface area contributed by atoms with Gasteiger partial charge in [0, 0.05) is 22.6 Å². The van der Waals surface area contributed by atoms with Crippen LogP contribution in [0.3, 0.4) is 0 Å². The zero-order chi connectivity index (χ0) is 16.6. The molecule has 0 atom stereocenters. The fourth-order valence-corrected chi connectivity index (χ4v) is 2.59. The van der Waals surface area contributed by atoms with Crippen molar-refractivity contribution < 1.29 is 17.9 Å². The minimum atomic E-state index is -0.612. The van der Waals surface area contributed by atoms with E-state index in [2.05, 4.69) is 0 Å². The second-order valence-corrected chi connectivity index (χ2v) is 5.31. The van der Waals surface area contributed by atoms with Crippen molar-refractivity contribution in [3.63, 3.8) is 0 Å². The molecule has 118 valence electrons. The van der Waals surface area contributed by atoms with Crippen molar-refractivity contribution in [1.82, 2.24) is 0 Å². The van der Waals surface area contributed by atoms with Crippen molar-refractivity contribution in [2.75, 3.05) is 6.61 Å². The van der Waals surface area contributed by atoms with E-state index in [0.717, 1.165) is 0 Å². The Kier molecular flexibility index (Phi) is 3.99. The van der Waals surface area contributed by atoms with E-state index in [9.17, 15) is 13.2 Å². The molecule has 23 heavy (non-hydrogen) atoms. The first-order valence-corrected chi connectivity index (χ1v) is 7.32. The Bertz CT molecular complexity index is 887. The van der Waals surface area contributed by atoms with Crippen LogP contribution in [0, 0.1) is 24.4 Å². The molecule has 0 aliphatic carbocycles. The van der Waals surface area contributed by atoms with Crippen molar-refractivity contribution in [3.05, 3.63) is 65.5 Å². The van der Waals surface area contributed by atoms with Gasteiger partial charge in [-0.2, -0.15) is 0 Å². The Morgan fingerprint density at radius 1 is 0.913 bits per heavy atom. The third-order valence-electron chi connectivity index (χ3n) is 3.82. The Morgan fingerprint density at radius 3 is 2.39 bits per heavy atom. The third kappa shape index (κ3) is 2.77. The van der Waals surface area contributed by atoms with Crippen LogP contribution in [0.25, 0.3) is 21.9 Å². The van der Waals surface area contributed by atoms with Crippen LogP contribution in [0.4, 0.5) is 13.2 Å². The average molecular weight is 316 g/mol. The van der Waals surface area contributed by atoms with E-state index in [1.165, 1.54) is 19.1 Å². The lowest BCUT2D eigenvalue weighted by Gasteiger charge is -2.10. The lowest BCUT2D eigenvalue weighted by atomic mass is 9.99. The van der Waals surface area contributed by atoms with E-state index in [1.54, 1.807) is 30.3 Å². The van der Waals surface area contributed by atoms with Crippen LogP contribution < -0.4 is 4.74 Å². The molecule has 4 heteroatoms. The predicted molar refractivity (Wildman–Crippen MR) is 85.2 cm³/mol. The molecule has 3 aromatic rings. The van der Waals surface area contributed by atoms with Crippen molar-refractivity contribution in [3.8, 4) is 16.9 Å². The second-order valence-electron chi connectivity index (χ2n) is 5.31. The standard InChI is InChI=1S/C19H15F3O/c1-3-23-14-5-7-15(18(21)10-14)12-4-6-16-13(8-12)9-17(20)11(2)19(16)22/h4-10H,3H2,1-2H3. The number of fused-ring (bicyclic) bond motifs is 1. The Hall–Kier alpha value is -2.49. The summed E-state index contributed by atoms with van der Waals surface area (Å²) < 4.78 is 47.3. The van der Waals surface area contributed by atoms with Crippen LogP contribution in [0.5, 0.6) is 5.75 Å².